The number of hydrogen-bond donors (Lipinski definition) is 3. The summed E-state index contributed by atoms with van der Waals surface area (Å²) in [4.78, 5) is 29.5. The molecule has 3 N–H and O–H groups in total. The number of aromatic nitrogens is 2. The molecule has 1 aromatic heterocycles. The summed E-state index contributed by atoms with van der Waals surface area (Å²) < 4.78 is 1.56. The Balaban J connectivity index is 1.59. The Morgan fingerprint density at radius 2 is 1.77 bits per heavy atom. The first-order valence-corrected chi connectivity index (χ1v) is 11.7. The van der Waals surface area contributed by atoms with E-state index in [9.17, 15) is 14.7 Å². The summed E-state index contributed by atoms with van der Waals surface area (Å²) in [6.45, 7) is 5.25. The van der Waals surface area contributed by atoms with Gasteiger partial charge in [-0.1, -0.05) is 55.5 Å². The second-order valence-electron chi connectivity index (χ2n) is 8.84. The van der Waals surface area contributed by atoms with Crippen molar-refractivity contribution in [3.05, 3.63) is 99.3 Å². The number of carboxylic acid groups (broad SMARTS) is 1. The van der Waals surface area contributed by atoms with Crippen LogP contribution in [0.4, 0.5) is 11.6 Å². The van der Waals surface area contributed by atoms with Crippen molar-refractivity contribution in [3.63, 3.8) is 0 Å². The van der Waals surface area contributed by atoms with Crippen molar-refractivity contribution in [1.29, 1.82) is 0 Å². The number of fused-ring (bicyclic) bond motifs is 1. The lowest BCUT2D eigenvalue weighted by Gasteiger charge is -2.17. The highest BCUT2D eigenvalue weighted by Gasteiger charge is 2.14. The minimum atomic E-state index is -0.972. The summed E-state index contributed by atoms with van der Waals surface area (Å²) in [5.74, 6) is -0.195. The van der Waals surface area contributed by atoms with E-state index in [0.29, 0.717) is 42.0 Å². The SMILES string of the molecule is Cc1cc(CCNc2ccccc2C(=O)O)c2nc(NC[C@H](C)c3ccccc3)n(C)c(=O)c2c1. The molecule has 4 rings (SSSR count). The van der Waals surface area contributed by atoms with Crippen LogP contribution in [-0.4, -0.2) is 33.7 Å². The smallest absolute Gasteiger partial charge is 0.337 e. The number of anilines is 2. The summed E-state index contributed by atoms with van der Waals surface area (Å²) in [6, 6.07) is 21.0. The fourth-order valence-electron chi connectivity index (χ4n) is 4.25. The first kappa shape index (κ1) is 24.0. The number of aryl methyl sites for hydroxylation is 1. The van der Waals surface area contributed by atoms with Crippen molar-refractivity contribution in [2.24, 2.45) is 7.05 Å². The maximum absolute atomic E-state index is 13.2. The maximum atomic E-state index is 13.2. The summed E-state index contributed by atoms with van der Waals surface area (Å²) in [5, 5.41) is 16.6. The molecule has 7 heteroatoms. The van der Waals surface area contributed by atoms with Crippen LogP contribution in [0.25, 0.3) is 10.9 Å². The van der Waals surface area contributed by atoms with Crippen LogP contribution in [0, 0.1) is 6.92 Å². The molecule has 1 atom stereocenters. The molecule has 0 aliphatic rings. The summed E-state index contributed by atoms with van der Waals surface area (Å²) in [5.41, 5.74) is 4.51. The zero-order chi connectivity index (χ0) is 24.9. The number of hydrogen-bond acceptors (Lipinski definition) is 5. The van der Waals surface area contributed by atoms with Crippen LogP contribution < -0.4 is 16.2 Å². The average molecular weight is 471 g/mol. The van der Waals surface area contributed by atoms with E-state index < -0.39 is 5.97 Å². The lowest BCUT2D eigenvalue weighted by molar-refractivity contribution is 0.0698. The quantitative estimate of drug-likeness (QED) is 0.325. The van der Waals surface area contributed by atoms with E-state index in [0.717, 1.165) is 11.1 Å². The zero-order valence-electron chi connectivity index (χ0n) is 20.2. The van der Waals surface area contributed by atoms with E-state index in [4.69, 9.17) is 4.98 Å². The summed E-state index contributed by atoms with van der Waals surface area (Å²) in [6.07, 6.45) is 0.589. The minimum absolute atomic E-state index is 0.0982. The van der Waals surface area contributed by atoms with Gasteiger partial charge in [0.15, 0.2) is 0 Å². The van der Waals surface area contributed by atoms with Crippen LogP contribution in [0.3, 0.4) is 0 Å². The molecule has 35 heavy (non-hydrogen) atoms. The lowest BCUT2D eigenvalue weighted by atomic mass is 10.0. The molecule has 180 valence electrons. The van der Waals surface area contributed by atoms with Gasteiger partial charge in [0.1, 0.15) is 0 Å². The zero-order valence-corrected chi connectivity index (χ0v) is 20.2. The standard InChI is InChI=1S/C28H30N4O3/c1-18-15-21(13-14-29-24-12-8-7-11-22(24)27(34)35)25-23(16-18)26(33)32(3)28(31-25)30-17-19(2)20-9-5-4-6-10-20/h4-12,15-16,19,29H,13-14,17H2,1-3H3,(H,30,31)(H,34,35)/t19-/m0/s1. The number of nitrogens with zero attached hydrogens (tertiary/aromatic N) is 2. The van der Waals surface area contributed by atoms with Gasteiger partial charge in [0.25, 0.3) is 5.56 Å². The highest BCUT2D eigenvalue weighted by molar-refractivity contribution is 5.94. The third kappa shape index (κ3) is 5.35. The highest BCUT2D eigenvalue weighted by atomic mass is 16.4. The molecule has 0 saturated carbocycles. The lowest BCUT2D eigenvalue weighted by Crippen LogP contribution is -2.24. The van der Waals surface area contributed by atoms with Crippen molar-refractivity contribution in [2.45, 2.75) is 26.2 Å². The normalized spacial score (nSPS) is 11.9. The Hall–Kier alpha value is -4.13. The molecule has 0 spiro atoms. The fraction of sp³-hybridized carbons (Fsp3) is 0.250. The van der Waals surface area contributed by atoms with Crippen LogP contribution in [0.15, 0.2) is 71.5 Å². The van der Waals surface area contributed by atoms with Gasteiger partial charge in [0.05, 0.1) is 16.5 Å². The molecule has 7 nitrogen and oxygen atoms in total. The number of carboxylic acids is 1. The van der Waals surface area contributed by atoms with Crippen molar-refractivity contribution in [2.75, 3.05) is 23.7 Å². The number of para-hydroxylation sites is 1. The number of rotatable bonds is 9. The van der Waals surface area contributed by atoms with Crippen molar-refractivity contribution in [3.8, 4) is 0 Å². The largest absolute Gasteiger partial charge is 0.478 e. The first-order chi connectivity index (χ1) is 16.8. The van der Waals surface area contributed by atoms with Gasteiger partial charge in [-0.25, -0.2) is 9.78 Å². The molecular formula is C28H30N4O3. The molecule has 0 amide bonds. The van der Waals surface area contributed by atoms with Crippen molar-refractivity contribution >= 4 is 28.5 Å². The van der Waals surface area contributed by atoms with Crippen LogP contribution in [-0.2, 0) is 13.5 Å². The highest BCUT2D eigenvalue weighted by Crippen LogP contribution is 2.21. The third-order valence-corrected chi connectivity index (χ3v) is 6.21. The van der Waals surface area contributed by atoms with E-state index in [1.165, 1.54) is 5.56 Å². The molecule has 3 aromatic carbocycles. The molecule has 0 radical (unpaired) electrons. The Morgan fingerprint density at radius 3 is 2.51 bits per heavy atom. The van der Waals surface area contributed by atoms with E-state index in [2.05, 4.69) is 29.7 Å². The van der Waals surface area contributed by atoms with Gasteiger partial charge >= 0.3 is 5.97 Å². The Labute approximate surface area is 204 Å². The number of nitrogens with one attached hydrogen (secondary N) is 2. The van der Waals surface area contributed by atoms with Crippen LogP contribution >= 0.6 is 0 Å². The molecule has 0 fully saturated rings. The molecule has 1 heterocycles. The Morgan fingerprint density at radius 1 is 1.06 bits per heavy atom. The monoisotopic (exact) mass is 470 g/mol. The van der Waals surface area contributed by atoms with Crippen LogP contribution in [0.1, 0.15) is 39.9 Å². The Bertz CT molecular complexity index is 1410. The van der Waals surface area contributed by atoms with E-state index in [1.807, 2.05) is 37.3 Å². The fourth-order valence-corrected chi connectivity index (χ4v) is 4.25. The Kier molecular flexibility index (Phi) is 7.15. The topological polar surface area (TPSA) is 96.2 Å². The van der Waals surface area contributed by atoms with Gasteiger partial charge in [0, 0.05) is 25.8 Å². The second-order valence-corrected chi connectivity index (χ2v) is 8.84. The maximum Gasteiger partial charge on any atom is 0.337 e. The van der Waals surface area contributed by atoms with Gasteiger partial charge in [-0.2, -0.15) is 0 Å². The number of carbonyl (C=O) groups is 1. The number of benzene rings is 3. The van der Waals surface area contributed by atoms with Crippen LogP contribution in [0.2, 0.25) is 0 Å². The summed E-state index contributed by atoms with van der Waals surface area (Å²) >= 11 is 0. The predicted molar refractivity (Wildman–Crippen MR) is 141 cm³/mol. The minimum Gasteiger partial charge on any atom is -0.478 e. The second kappa shape index (κ2) is 10.4. The van der Waals surface area contributed by atoms with Gasteiger partial charge in [-0.3, -0.25) is 9.36 Å². The van der Waals surface area contributed by atoms with Crippen LogP contribution in [0.5, 0.6) is 0 Å². The van der Waals surface area contributed by atoms with E-state index in [-0.39, 0.29) is 17.0 Å². The van der Waals surface area contributed by atoms with Gasteiger partial charge in [-0.15, -0.1) is 0 Å². The molecule has 0 bridgehead atoms. The first-order valence-electron chi connectivity index (χ1n) is 11.7. The third-order valence-electron chi connectivity index (χ3n) is 6.21. The number of aromatic carboxylic acids is 1. The van der Waals surface area contributed by atoms with E-state index >= 15 is 0 Å². The molecule has 0 aliphatic heterocycles. The molecule has 0 unspecified atom stereocenters. The van der Waals surface area contributed by atoms with Crippen molar-refractivity contribution in [1.82, 2.24) is 9.55 Å². The molecule has 4 aromatic rings. The molecule has 0 saturated heterocycles. The van der Waals surface area contributed by atoms with Gasteiger partial charge < -0.3 is 15.7 Å². The van der Waals surface area contributed by atoms with Gasteiger partial charge in [-0.05, 0) is 54.2 Å². The molecule has 0 aliphatic carbocycles. The summed E-state index contributed by atoms with van der Waals surface area (Å²) in [7, 11) is 1.73. The molecular weight excluding hydrogens is 440 g/mol. The average Bonchev–Trinajstić information content (AvgIpc) is 2.86. The van der Waals surface area contributed by atoms with Gasteiger partial charge in [0.2, 0.25) is 5.95 Å². The van der Waals surface area contributed by atoms with Crippen molar-refractivity contribution < 1.29 is 9.90 Å². The van der Waals surface area contributed by atoms with E-state index in [1.54, 1.807) is 35.9 Å². The predicted octanol–water partition coefficient (Wildman–Crippen LogP) is 4.81.